The SMILES string of the molecule is C=CCN1C(=O)/C(=C\c2ccc(-c3cccc([N+](=O)[O-])c3)o2)S/C1=N/c1nnc(C)s1. The van der Waals surface area contributed by atoms with Crippen LogP contribution in [0.3, 0.4) is 0 Å². The molecule has 156 valence electrons. The number of carbonyl (C=O) groups is 1. The van der Waals surface area contributed by atoms with Crippen LogP contribution in [0, 0.1) is 17.0 Å². The van der Waals surface area contributed by atoms with E-state index in [0.717, 1.165) is 5.01 Å². The van der Waals surface area contributed by atoms with Crippen molar-refractivity contribution in [3.8, 4) is 11.3 Å². The minimum absolute atomic E-state index is 0.0248. The second kappa shape index (κ2) is 8.66. The van der Waals surface area contributed by atoms with E-state index in [1.807, 2.05) is 6.92 Å². The lowest BCUT2D eigenvalue weighted by molar-refractivity contribution is -0.384. The topological polar surface area (TPSA) is 115 Å². The van der Waals surface area contributed by atoms with Crippen molar-refractivity contribution in [3.63, 3.8) is 0 Å². The largest absolute Gasteiger partial charge is 0.457 e. The zero-order valence-corrected chi connectivity index (χ0v) is 17.9. The number of aliphatic imine (C=N–C) groups is 1. The monoisotopic (exact) mass is 453 g/mol. The van der Waals surface area contributed by atoms with Gasteiger partial charge in [-0.15, -0.1) is 16.8 Å². The highest BCUT2D eigenvalue weighted by molar-refractivity contribution is 8.18. The number of nitrogens with zero attached hydrogens (tertiary/aromatic N) is 5. The molecule has 0 spiro atoms. The molecule has 1 fully saturated rings. The summed E-state index contributed by atoms with van der Waals surface area (Å²) < 4.78 is 5.80. The molecule has 1 aromatic carbocycles. The maximum Gasteiger partial charge on any atom is 0.270 e. The third-order valence-electron chi connectivity index (χ3n) is 4.15. The third kappa shape index (κ3) is 4.47. The average Bonchev–Trinajstić information content (AvgIpc) is 3.45. The van der Waals surface area contributed by atoms with E-state index in [-0.39, 0.29) is 11.6 Å². The Hall–Kier alpha value is -3.57. The van der Waals surface area contributed by atoms with Gasteiger partial charge in [0, 0.05) is 30.3 Å². The van der Waals surface area contributed by atoms with Crippen LogP contribution >= 0.6 is 23.1 Å². The van der Waals surface area contributed by atoms with Crippen molar-refractivity contribution >= 4 is 51.1 Å². The Kier molecular flexibility index (Phi) is 5.78. The molecule has 31 heavy (non-hydrogen) atoms. The maximum absolute atomic E-state index is 12.9. The van der Waals surface area contributed by atoms with Crippen LogP contribution < -0.4 is 0 Å². The number of furan rings is 1. The first-order chi connectivity index (χ1) is 14.9. The first-order valence-corrected chi connectivity index (χ1v) is 10.6. The maximum atomic E-state index is 12.9. The first kappa shape index (κ1) is 20.7. The zero-order chi connectivity index (χ0) is 22.0. The van der Waals surface area contributed by atoms with Crippen LogP contribution in [-0.4, -0.2) is 37.6 Å². The van der Waals surface area contributed by atoms with E-state index < -0.39 is 4.92 Å². The fraction of sp³-hybridized carbons (Fsp3) is 0.100. The second-order valence-corrected chi connectivity index (χ2v) is 8.49. The van der Waals surface area contributed by atoms with Gasteiger partial charge in [-0.3, -0.25) is 19.8 Å². The van der Waals surface area contributed by atoms with Gasteiger partial charge in [-0.2, -0.15) is 4.99 Å². The van der Waals surface area contributed by atoms with Crippen molar-refractivity contribution in [1.29, 1.82) is 0 Å². The van der Waals surface area contributed by atoms with E-state index in [1.165, 1.54) is 40.1 Å². The fourth-order valence-corrected chi connectivity index (χ4v) is 4.37. The van der Waals surface area contributed by atoms with Gasteiger partial charge in [0.05, 0.1) is 9.83 Å². The molecule has 0 unspecified atom stereocenters. The van der Waals surface area contributed by atoms with E-state index in [9.17, 15) is 14.9 Å². The number of rotatable bonds is 6. The predicted octanol–water partition coefficient (Wildman–Crippen LogP) is 4.80. The lowest BCUT2D eigenvalue weighted by atomic mass is 10.1. The molecule has 1 amide bonds. The molecule has 0 saturated carbocycles. The number of benzene rings is 1. The van der Waals surface area contributed by atoms with Crippen LogP contribution in [0.15, 0.2) is 63.4 Å². The number of amides is 1. The van der Waals surface area contributed by atoms with Gasteiger partial charge >= 0.3 is 0 Å². The Balaban J connectivity index is 1.62. The van der Waals surface area contributed by atoms with Crippen molar-refractivity contribution in [2.75, 3.05) is 6.54 Å². The van der Waals surface area contributed by atoms with E-state index in [2.05, 4.69) is 21.8 Å². The van der Waals surface area contributed by atoms with Gasteiger partial charge in [-0.25, -0.2) is 0 Å². The number of nitro groups is 1. The molecule has 0 atom stereocenters. The van der Waals surface area contributed by atoms with Crippen LogP contribution in [0.5, 0.6) is 0 Å². The van der Waals surface area contributed by atoms with Crippen LogP contribution in [0.2, 0.25) is 0 Å². The molecule has 0 bridgehead atoms. The summed E-state index contributed by atoms with van der Waals surface area (Å²) in [5.74, 6) is 0.689. The first-order valence-electron chi connectivity index (χ1n) is 9.00. The number of amidine groups is 1. The molecule has 2 aromatic heterocycles. The van der Waals surface area contributed by atoms with Gasteiger partial charge in [0.2, 0.25) is 5.13 Å². The summed E-state index contributed by atoms with van der Waals surface area (Å²) in [6.07, 6.45) is 3.24. The van der Waals surface area contributed by atoms with Crippen molar-refractivity contribution < 1.29 is 14.1 Å². The summed E-state index contributed by atoms with van der Waals surface area (Å²) in [6, 6.07) is 9.57. The molecule has 1 aliphatic heterocycles. The Morgan fingerprint density at radius 2 is 2.16 bits per heavy atom. The molecule has 3 aromatic rings. The van der Waals surface area contributed by atoms with Crippen LogP contribution in [-0.2, 0) is 4.79 Å². The lowest BCUT2D eigenvalue weighted by Gasteiger charge is -2.11. The van der Waals surface area contributed by atoms with Crippen LogP contribution in [0.25, 0.3) is 17.4 Å². The molecule has 1 saturated heterocycles. The molecular formula is C20H15N5O4S2. The summed E-state index contributed by atoms with van der Waals surface area (Å²) in [4.78, 5) is 29.8. The number of aryl methyl sites for hydroxylation is 1. The number of aromatic nitrogens is 2. The van der Waals surface area contributed by atoms with E-state index >= 15 is 0 Å². The van der Waals surface area contributed by atoms with E-state index in [4.69, 9.17) is 4.42 Å². The van der Waals surface area contributed by atoms with Gasteiger partial charge in [0.25, 0.3) is 11.6 Å². The smallest absolute Gasteiger partial charge is 0.270 e. The Morgan fingerprint density at radius 3 is 2.87 bits per heavy atom. The number of non-ortho nitro benzene ring substituents is 1. The minimum atomic E-state index is -0.461. The Bertz CT molecular complexity index is 1240. The summed E-state index contributed by atoms with van der Waals surface area (Å²) in [5, 5.41) is 20.7. The normalized spacial score (nSPS) is 16.4. The quantitative estimate of drug-likeness (QED) is 0.228. The van der Waals surface area contributed by atoms with Gasteiger partial charge in [-0.05, 0) is 30.8 Å². The number of nitro benzene ring substituents is 1. The summed E-state index contributed by atoms with van der Waals surface area (Å²) in [6.45, 7) is 5.83. The van der Waals surface area contributed by atoms with Crippen molar-refractivity contribution in [2.24, 2.45) is 4.99 Å². The average molecular weight is 454 g/mol. The Labute approximate surface area is 185 Å². The van der Waals surface area contributed by atoms with Crippen LogP contribution in [0.4, 0.5) is 10.8 Å². The lowest BCUT2D eigenvalue weighted by Crippen LogP contribution is -2.29. The zero-order valence-electron chi connectivity index (χ0n) is 16.2. The van der Waals surface area contributed by atoms with Crippen molar-refractivity contribution in [3.05, 3.63) is 74.8 Å². The number of hydrogen-bond acceptors (Lipinski definition) is 9. The highest BCUT2D eigenvalue weighted by Gasteiger charge is 2.33. The number of carbonyl (C=O) groups excluding carboxylic acids is 1. The van der Waals surface area contributed by atoms with Crippen LogP contribution in [0.1, 0.15) is 10.8 Å². The number of hydrogen-bond donors (Lipinski definition) is 0. The van der Waals surface area contributed by atoms with Crippen molar-refractivity contribution in [1.82, 2.24) is 15.1 Å². The fourth-order valence-electron chi connectivity index (χ4n) is 2.78. The van der Waals surface area contributed by atoms with Gasteiger partial charge < -0.3 is 4.42 Å². The highest BCUT2D eigenvalue weighted by atomic mass is 32.2. The molecule has 11 heteroatoms. The van der Waals surface area contributed by atoms with Gasteiger partial charge in [-0.1, -0.05) is 29.5 Å². The summed E-state index contributed by atoms with van der Waals surface area (Å²) in [7, 11) is 0. The third-order valence-corrected chi connectivity index (χ3v) is 5.89. The van der Waals surface area contributed by atoms with Gasteiger partial charge in [0.1, 0.15) is 16.5 Å². The molecule has 3 heterocycles. The molecule has 9 nitrogen and oxygen atoms in total. The summed E-state index contributed by atoms with van der Waals surface area (Å²) in [5.41, 5.74) is 0.551. The molecular weight excluding hydrogens is 438 g/mol. The molecule has 0 aliphatic carbocycles. The molecule has 0 radical (unpaired) electrons. The number of thioether (sulfide) groups is 1. The van der Waals surface area contributed by atoms with Gasteiger partial charge in [0.15, 0.2) is 5.17 Å². The molecule has 1 aliphatic rings. The highest BCUT2D eigenvalue weighted by Crippen LogP contribution is 2.35. The van der Waals surface area contributed by atoms with Crippen molar-refractivity contribution in [2.45, 2.75) is 6.92 Å². The second-order valence-electron chi connectivity index (χ2n) is 6.32. The minimum Gasteiger partial charge on any atom is -0.457 e. The summed E-state index contributed by atoms with van der Waals surface area (Å²) >= 11 is 2.54. The molecule has 4 rings (SSSR count). The Morgan fingerprint density at radius 1 is 1.32 bits per heavy atom. The standard InChI is InChI=1S/C20H15N5O4S2/c1-3-9-24-18(26)17(31-20(24)21-19-23-22-12(2)30-19)11-15-7-8-16(29-15)13-5-4-6-14(10-13)25(27)28/h3-8,10-11H,1,9H2,2H3/b17-11+,21-20+. The predicted molar refractivity (Wildman–Crippen MR) is 120 cm³/mol. The van der Waals surface area contributed by atoms with E-state index in [1.54, 1.807) is 36.4 Å². The molecule has 0 N–H and O–H groups in total. The van der Waals surface area contributed by atoms with E-state index in [0.29, 0.717) is 38.8 Å².